The van der Waals surface area contributed by atoms with Gasteiger partial charge in [-0.25, -0.2) is 0 Å². The van der Waals surface area contributed by atoms with Crippen LogP contribution in [0.4, 0.5) is 10.7 Å². The smallest absolute Gasteiger partial charge is 0.129 e. The molecule has 3 nitrogen and oxygen atoms in total. The van der Waals surface area contributed by atoms with Gasteiger partial charge in [0.25, 0.3) is 0 Å². The summed E-state index contributed by atoms with van der Waals surface area (Å²) < 4.78 is 0. The van der Waals surface area contributed by atoms with E-state index in [-0.39, 0.29) is 0 Å². The molecular formula is C11H17N3S. The summed E-state index contributed by atoms with van der Waals surface area (Å²) >= 11 is 1.49. The van der Waals surface area contributed by atoms with E-state index < -0.39 is 0 Å². The van der Waals surface area contributed by atoms with E-state index in [2.05, 4.69) is 24.8 Å². The Hall–Kier alpha value is -1.21. The van der Waals surface area contributed by atoms with Crippen molar-refractivity contribution >= 4 is 22.0 Å². The van der Waals surface area contributed by atoms with Crippen molar-refractivity contribution in [1.82, 2.24) is 0 Å². The van der Waals surface area contributed by atoms with Gasteiger partial charge in [-0.15, -0.1) is 11.3 Å². The van der Waals surface area contributed by atoms with Crippen LogP contribution >= 0.6 is 11.3 Å². The molecule has 0 amide bonds. The summed E-state index contributed by atoms with van der Waals surface area (Å²) in [5.41, 5.74) is 6.35. The van der Waals surface area contributed by atoms with Crippen LogP contribution in [0.1, 0.15) is 31.6 Å². The fourth-order valence-electron chi connectivity index (χ4n) is 1.51. The zero-order valence-electron chi connectivity index (χ0n) is 9.29. The molecule has 0 saturated carbocycles. The Labute approximate surface area is 95.1 Å². The van der Waals surface area contributed by atoms with Crippen LogP contribution in [-0.2, 0) is 0 Å². The molecule has 0 aliphatic carbocycles. The molecule has 1 aromatic heterocycles. The first-order valence-electron chi connectivity index (χ1n) is 5.27. The Morgan fingerprint density at radius 3 is 2.40 bits per heavy atom. The van der Waals surface area contributed by atoms with Gasteiger partial charge in [-0.05, 0) is 18.9 Å². The standard InChI is InChI=1S/C11H17N3S/c1-3-5-14(6-4-2)11-7-9(13)10(8-12)15-11/h7H,3-6,13H2,1-2H3. The van der Waals surface area contributed by atoms with Gasteiger partial charge in [-0.1, -0.05) is 13.8 Å². The highest BCUT2D eigenvalue weighted by molar-refractivity contribution is 7.17. The minimum atomic E-state index is 0.606. The maximum absolute atomic E-state index is 8.84. The highest BCUT2D eigenvalue weighted by atomic mass is 32.1. The average Bonchev–Trinajstić information content (AvgIpc) is 2.59. The predicted octanol–water partition coefficient (Wildman–Crippen LogP) is 2.83. The van der Waals surface area contributed by atoms with Gasteiger partial charge < -0.3 is 10.6 Å². The van der Waals surface area contributed by atoms with Gasteiger partial charge in [0.15, 0.2) is 0 Å². The molecule has 1 heterocycles. The Balaban J connectivity index is 2.86. The maximum atomic E-state index is 8.84. The third-order valence-electron chi connectivity index (χ3n) is 2.15. The minimum Gasteiger partial charge on any atom is -0.397 e. The molecule has 0 unspecified atom stereocenters. The van der Waals surface area contributed by atoms with Gasteiger partial charge in [0.05, 0.1) is 10.7 Å². The molecule has 0 spiro atoms. The first-order valence-corrected chi connectivity index (χ1v) is 6.08. The number of nitrogens with two attached hydrogens (primary N) is 1. The lowest BCUT2D eigenvalue weighted by Gasteiger charge is -2.21. The zero-order chi connectivity index (χ0) is 11.3. The third-order valence-corrected chi connectivity index (χ3v) is 3.26. The van der Waals surface area contributed by atoms with Crippen LogP contribution < -0.4 is 10.6 Å². The average molecular weight is 223 g/mol. The second-order valence-electron chi connectivity index (χ2n) is 3.47. The molecule has 0 aliphatic heterocycles. The summed E-state index contributed by atoms with van der Waals surface area (Å²) in [4.78, 5) is 2.92. The maximum Gasteiger partial charge on any atom is 0.129 e. The van der Waals surface area contributed by atoms with Crippen molar-refractivity contribution in [3.63, 3.8) is 0 Å². The van der Waals surface area contributed by atoms with Crippen LogP contribution in [0.25, 0.3) is 0 Å². The summed E-state index contributed by atoms with van der Waals surface area (Å²) in [6.45, 7) is 6.37. The molecule has 4 heteroatoms. The topological polar surface area (TPSA) is 53.0 Å². The lowest BCUT2D eigenvalue weighted by atomic mass is 10.3. The van der Waals surface area contributed by atoms with Gasteiger partial charge in [0.1, 0.15) is 10.9 Å². The van der Waals surface area contributed by atoms with Crippen LogP contribution in [0.5, 0.6) is 0 Å². The van der Waals surface area contributed by atoms with E-state index in [9.17, 15) is 0 Å². The molecule has 0 aromatic carbocycles. The van der Waals surface area contributed by atoms with Gasteiger partial charge in [-0.3, -0.25) is 0 Å². The highest BCUT2D eigenvalue weighted by Crippen LogP contribution is 2.31. The van der Waals surface area contributed by atoms with E-state index in [0.29, 0.717) is 10.6 Å². The highest BCUT2D eigenvalue weighted by Gasteiger charge is 2.11. The summed E-state index contributed by atoms with van der Waals surface area (Å²) in [7, 11) is 0. The van der Waals surface area contributed by atoms with E-state index in [0.717, 1.165) is 30.9 Å². The largest absolute Gasteiger partial charge is 0.397 e. The van der Waals surface area contributed by atoms with Crippen LogP contribution in [-0.4, -0.2) is 13.1 Å². The van der Waals surface area contributed by atoms with Crippen molar-refractivity contribution in [3.8, 4) is 6.07 Å². The van der Waals surface area contributed by atoms with Gasteiger partial charge >= 0.3 is 0 Å². The van der Waals surface area contributed by atoms with Crippen LogP contribution in [0.15, 0.2) is 6.07 Å². The molecule has 0 radical (unpaired) electrons. The van der Waals surface area contributed by atoms with E-state index in [1.54, 1.807) is 0 Å². The Morgan fingerprint density at radius 1 is 1.40 bits per heavy atom. The molecule has 2 N–H and O–H groups in total. The lowest BCUT2D eigenvalue weighted by molar-refractivity contribution is 0.751. The normalized spacial score (nSPS) is 9.93. The fourth-order valence-corrected chi connectivity index (χ4v) is 2.44. The Kier molecular flexibility index (Phi) is 4.44. The first kappa shape index (κ1) is 11.9. The molecule has 82 valence electrons. The molecule has 15 heavy (non-hydrogen) atoms. The van der Waals surface area contributed by atoms with Crippen LogP contribution in [0.2, 0.25) is 0 Å². The van der Waals surface area contributed by atoms with Gasteiger partial charge in [0.2, 0.25) is 0 Å². The summed E-state index contributed by atoms with van der Waals surface area (Å²) in [6, 6.07) is 4.03. The molecule has 1 rings (SSSR count). The Morgan fingerprint density at radius 2 is 2.00 bits per heavy atom. The molecule has 0 atom stereocenters. The Bertz CT molecular complexity index is 345. The monoisotopic (exact) mass is 223 g/mol. The van der Waals surface area contributed by atoms with E-state index in [4.69, 9.17) is 11.0 Å². The first-order chi connectivity index (χ1) is 7.22. The second kappa shape index (κ2) is 5.62. The van der Waals surface area contributed by atoms with Crippen LogP contribution in [0, 0.1) is 11.3 Å². The molecule has 0 aliphatic rings. The summed E-state index contributed by atoms with van der Waals surface area (Å²) in [5, 5.41) is 9.95. The van der Waals surface area contributed by atoms with Crippen molar-refractivity contribution in [1.29, 1.82) is 5.26 Å². The van der Waals surface area contributed by atoms with Gasteiger partial charge in [-0.2, -0.15) is 5.26 Å². The SMILES string of the molecule is CCCN(CCC)c1cc(N)c(C#N)s1. The van der Waals surface area contributed by atoms with Crippen molar-refractivity contribution in [2.75, 3.05) is 23.7 Å². The number of thiophene rings is 1. The van der Waals surface area contributed by atoms with Crippen molar-refractivity contribution in [2.24, 2.45) is 0 Å². The number of nitrogens with zero attached hydrogens (tertiary/aromatic N) is 2. The second-order valence-corrected chi connectivity index (χ2v) is 4.50. The summed E-state index contributed by atoms with van der Waals surface area (Å²) in [5.74, 6) is 0. The molecular weight excluding hydrogens is 206 g/mol. The fraction of sp³-hybridized carbons (Fsp3) is 0.545. The summed E-state index contributed by atoms with van der Waals surface area (Å²) in [6.07, 6.45) is 2.22. The van der Waals surface area contributed by atoms with Crippen molar-refractivity contribution < 1.29 is 0 Å². The van der Waals surface area contributed by atoms with E-state index in [1.807, 2.05) is 6.07 Å². The van der Waals surface area contributed by atoms with Gasteiger partial charge in [0, 0.05) is 13.1 Å². The zero-order valence-corrected chi connectivity index (χ0v) is 10.1. The van der Waals surface area contributed by atoms with Crippen LogP contribution in [0.3, 0.4) is 0 Å². The molecule has 0 fully saturated rings. The third kappa shape index (κ3) is 2.87. The molecule has 0 saturated heterocycles. The lowest BCUT2D eigenvalue weighted by Crippen LogP contribution is -2.23. The number of nitrogen functional groups attached to an aromatic ring is 1. The number of rotatable bonds is 5. The number of hydrogen-bond donors (Lipinski definition) is 1. The minimum absolute atomic E-state index is 0.606. The quantitative estimate of drug-likeness (QED) is 0.835. The number of hydrogen-bond acceptors (Lipinski definition) is 4. The molecule has 0 bridgehead atoms. The van der Waals surface area contributed by atoms with Crippen molar-refractivity contribution in [3.05, 3.63) is 10.9 Å². The number of nitriles is 1. The van der Waals surface area contributed by atoms with E-state index >= 15 is 0 Å². The van der Waals surface area contributed by atoms with E-state index in [1.165, 1.54) is 11.3 Å². The number of anilines is 2. The predicted molar refractivity (Wildman–Crippen MR) is 66.2 cm³/mol. The molecule has 1 aromatic rings. The van der Waals surface area contributed by atoms with Crippen molar-refractivity contribution in [2.45, 2.75) is 26.7 Å².